The lowest BCUT2D eigenvalue weighted by molar-refractivity contribution is 0.187. The predicted octanol–water partition coefficient (Wildman–Crippen LogP) is 3.21. The van der Waals surface area contributed by atoms with Crippen molar-refractivity contribution in [3.8, 4) is 11.1 Å². The van der Waals surface area contributed by atoms with Crippen LogP contribution in [0.4, 0.5) is 0 Å². The van der Waals surface area contributed by atoms with E-state index in [2.05, 4.69) is 53.8 Å². The van der Waals surface area contributed by atoms with Gasteiger partial charge >= 0.3 is 0 Å². The molecule has 0 aliphatic heterocycles. The van der Waals surface area contributed by atoms with Crippen LogP contribution in [0.15, 0.2) is 54.6 Å². The molecule has 0 fully saturated rings. The lowest BCUT2D eigenvalue weighted by Crippen LogP contribution is -2.42. The molecular formula is C17H21NO. The molecule has 2 aromatic rings. The van der Waals surface area contributed by atoms with E-state index in [9.17, 15) is 5.11 Å². The molecule has 0 unspecified atom stereocenters. The van der Waals surface area contributed by atoms with Crippen LogP contribution in [0.5, 0.6) is 0 Å². The Morgan fingerprint density at radius 1 is 0.895 bits per heavy atom. The number of aliphatic hydroxyl groups excluding tert-OH is 1. The van der Waals surface area contributed by atoms with Crippen molar-refractivity contribution < 1.29 is 5.11 Å². The van der Waals surface area contributed by atoms with Crippen LogP contribution < -0.4 is 5.32 Å². The van der Waals surface area contributed by atoms with Crippen LogP contribution in [0.25, 0.3) is 11.1 Å². The first-order chi connectivity index (χ1) is 9.11. The summed E-state index contributed by atoms with van der Waals surface area (Å²) in [4.78, 5) is 0. The average Bonchev–Trinajstić information content (AvgIpc) is 2.47. The smallest absolute Gasteiger partial charge is 0.0607 e. The summed E-state index contributed by atoms with van der Waals surface area (Å²) in [5.74, 6) is 0. The lowest BCUT2D eigenvalue weighted by Gasteiger charge is -2.23. The number of hydrogen-bond acceptors (Lipinski definition) is 2. The normalized spacial score (nSPS) is 11.5. The number of hydrogen-bond donors (Lipinski definition) is 2. The molecule has 0 atom stereocenters. The Labute approximate surface area is 115 Å². The van der Waals surface area contributed by atoms with E-state index in [-0.39, 0.29) is 12.1 Å². The molecule has 0 saturated carbocycles. The van der Waals surface area contributed by atoms with E-state index in [4.69, 9.17) is 0 Å². The molecule has 0 heterocycles. The van der Waals surface area contributed by atoms with Crippen LogP contribution in [0.1, 0.15) is 19.4 Å². The summed E-state index contributed by atoms with van der Waals surface area (Å²) < 4.78 is 0. The van der Waals surface area contributed by atoms with Crippen LogP contribution in [0.2, 0.25) is 0 Å². The van der Waals surface area contributed by atoms with Gasteiger partial charge in [0, 0.05) is 12.1 Å². The predicted molar refractivity (Wildman–Crippen MR) is 79.9 cm³/mol. The van der Waals surface area contributed by atoms with Crippen molar-refractivity contribution in [2.45, 2.75) is 25.9 Å². The second kappa shape index (κ2) is 6.00. The van der Waals surface area contributed by atoms with Crippen LogP contribution in [-0.4, -0.2) is 17.3 Å². The average molecular weight is 255 g/mol. The van der Waals surface area contributed by atoms with Gasteiger partial charge in [-0.15, -0.1) is 0 Å². The SMILES string of the molecule is CC(C)(CO)NCc1ccc(-c2ccccc2)cc1. The summed E-state index contributed by atoms with van der Waals surface area (Å²) in [6.45, 7) is 4.88. The summed E-state index contributed by atoms with van der Waals surface area (Å²) in [6, 6.07) is 18.9. The van der Waals surface area contributed by atoms with E-state index in [1.165, 1.54) is 16.7 Å². The van der Waals surface area contributed by atoms with Gasteiger partial charge in [-0.2, -0.15) is 0 Å². The van der Waals surface area contributed by atoms with Crippen molar-refractivity contribution in [3.05, 3.63) is 60.2 Å². The molecule has 0 aromatic heterocycles. The van der Waals surface area contributed by atoms with Gasteiger partial charge in [-0.3, -0.25) is 0 Å². The molecule has 0 amide bonds. The van der Waals surface area contributed by atoms with E-state index in [0.717, 1.165) is 6.54 Å². The molecule has 100 valence electrons. The molecular weight excluding hydrogens is 234 g/mol. The Bertz CT molecular complexity index is 503. The second-order valence-electron chi connectivity index (χ2n) is 5.46. The van der Waals surface area contributed by atoms with Crippen molar-refractivity contribution in [3.63, 3.8) is 0 Å². The van der Waals surface area contributed by atoms with E-state index in [1.54, 1.807) is 0 Å². The molecule has 2 rings (SSSR count). The maximum atomic E-state index is 9.20. The first-order valence-corrected chi connectivity index (χ1v) is 6.61. The first-order valence-electron chi connectivity index (χ1n) is 6.61. The summed E-state index contributed by atoms with van der Waals surface area (Å²) in [7, 11) is 0. The fourth-order valence-electron chi connectivity index (χ4n) is 1.84. The van der Waals surface area contributed by atoms with Gasteiger partial charge in [-0.05, 0) is 30.5 Å². The van der Waals surface area contributed by atoms with Crippen molar-refractivity contribution >= 4 is 0 Å². The topological polar surface area (TPSA) is 32.3 Å². The maximum Gasteiger partial charge on any atom is 0.0607 e. The van der Waals surface area contributed by atoms with Crippen molar-refractivity contribution in [1.82, 2.24) is 5.32 Å². The highest BCUT2D eigenvalue weighted by Gasteiger charge is 2.14. The van der Waals surface area contributed by atoms with Gasteiger partial charge in [-0.1, -0.05) is 54.6 Å². The Morgan fingerprint density at radius 2 is 1.47 bits per heavy atom. The van der Waals surface area contributed by atoms with E-state index in [0.29, 0.717) is 0 Å². The van der Waals surface area contributed by atoms with Crippen LogP contribution in [-0.2, 0) is 6.54 Å². The molecule has 0 spiro atoms. The van der Waals surface area contributed by atoms with Crippen LogP contribution >= 0.6 is 0 Å². The zero-order valence-corrected chi connectivity index (χ0v) is 11.6. The molecule has 2 nitrogen and oxygen atoms in total. The van der Waals surface area contributed by atoms with E-state index >= 15 is 0 Å². The van der Waals surface area contributed by atoms with Crippen molar-refractivity contribution in [2.75, 3.05) is 6.61 Å². The minimum atomic E-state index is -0.238. The fraction of sp³-hybridized carbons (Fsp3) is 0.294. The Morgan fingerprint density at radius 3 is 2.05 bits per heavy atom. The summed E-state index contributed by atoms with van der Waals surface area (Å²) in [5, 5.41) is 12.5. The highest BCUT2D eigenvalue weighted by Crippen LogP contribution is 2.19. The fourth-order valence-corrected chi connectivity index (χ4v) is 1.84. The number of benzene rings is 2. The number of nitrogens with one attached hydrogen (secondary N) is 1. The van der Waals surface area contributed by atoms with Gasteiger partial charge < -0.3 is 10.4 Å². The monoisotopic (exact) mass is 255 g/mol. The molecule has 2 N–H and O–H groups in total. The summed E-state index contributed by atoms with van der Waals surface area (Å²) >= 11 is 0. The first kappa shape index (κ1) is 13.8. The third kappa shape index (κ3) is 3.91. The van der Waals surface area contributed by atoms with Gasteiger partial charge in [0.25, 0.3) is 0 Å². The quantitative estimate of drug-likeness (QED) is 0.860. The molecule has 2 aromatic carbocycles. The van der Waals surface area contributed by atoms with Crippen molar-refractivity contribution in [1.29, 1.82) is 0 Å². The Hall–Kier alpha value is -1.64. The summed E-state index contributed by atoms with van der Waals surface area (Å²) in [6.07, 6.45) is 0. The molecule has 0 bridgehead atoms. The minimum absolute atomic E-state index is 0.134. The van der Waals surface area contributed by atoms with Gasteiger partial charge in [0.2, 0.25) is 0 Å². The highest BCUT2D eigenvalue weighted by molar-refractivity contribution is 5.63. The van der Waals surface area contributed by atoms with Crippen molar-refractivity contribution in [2.24, 2.45) is 0 Å². The third-order valence-electron chi connectivity index (χ3n) is 3.23. The Kier molecular flexibility index (Phi) is 4.35. The minimum Gasteiger partial charge on any atom is -0.394 e. The second-order valence-corrected chi connectivity index (χ2v) is 5.46. The van der Waals surface area contributed by atoms with Crippen LogP contribution in [0.3, 0.4) is 0 Å². The van der Waals surface area contributed by atoms with Gasteiger partial charge in [0.05, 0.1) is 6.61 Å². The number of rotatable bonds is 5. The zero-order valence-electron chi connectivity index (χ0n) is 11.6. The van der Waals surface area contributed by atoms with Gasteiger partial charge in [-0.25, -0.2) is 0 Å². The lowest BCUT2D eigenvalue weighted by atomic mass is 10.0. The van der Waals surface area contributed by atoms with Crippen LogP contribution in [0, 0.1) is 0 Å². The maximum absolute atomic E-state index is 9.20. The van der Waals surface area contributed by atoms with E-state index in [1.807, 2.05) is 19.9 Å². The van der Waals surface area contributed by atoms with Gasteiger partial charge in [0.1, 0.15) is 0 Å². The standard InChI is InChI=1S/C17H21NO/c1-17(2,13-19)18-12-14-8-10-16(11-9-14)15-6-4-3-5-7-15/h3-11,18-19H,12-13H2,1-2H3. The van der Waals surface area contributed by atoms with E-state index < -0.39 is 0 Å². The molecule has 0 saturated heterocycles. The van der Waals surface area contributed by atoms with Gasteiger partial charge in [0.15, 0.2) is 0 Å². The molecule has 0 radical (unpaired) electrons. The Balaban J connectivity index is 2.03. The molecule has 0 aliphatic carbocycles. The zero-order chi connectivity index (χ0) is 13.7. The highest BCUT2D eigenvalue weighted by atomic mass is 16.3. The largest absolute Gasteiger partial charge is 0.394 e. The number of aliphatic hydroxyl groups is 1. The molecule has 0 aliphatic rings. The molecule has 2 heteroatoms. The third-order valence-corrected chi connectivity index (χ3v) is 3.23. The summed E-state index contributed by atoms with van der Waals surface area (Å²) in [5.41, 5.74) is 3.45. The molecule has 19 heavy (non-hydrogen) atoms.